The summed E-state index contributed by atoms with van der Waals surface area (Å²) in [4.78, 5) is 11.5. The van der Waals surface area contributed by atoms with Crippen LogP contribution in [0, 0.1) is 0 Å². The van der Waals surface area contributed by atoms with Crippen LogP contribution < -0.4 is 10.6 Å². The fourth-order valence-corrected chi connectivity index (χ4v) is 3.53. The first kappa shape index (κ1) is 21.4. The quantitative estimate of drug-likeness (QED) is 0.542. The van der Waals surface area contributed by atoms with Crippen molar-refractivity contribution >= 4 is 5.96 Å². The summed E-state index contributed by atoms with van der Waals surface area (Å²) in [6.45, 7) is 12.5. The summed E-state index contributed by atoms with van der Waals surface area (Å²) in [5.74, 6) is 3.27. The van der Waals surface area contributed by atoms with Crippen LogP contribution in [0.5, 0.6) is 0 Å². The Morgan fingerprint density at radius 1 is 1.24 bits per heavy atom. The third-order valence-corrected chi connectivity index (χ3v) is 5.18. The molecule has 0 aliphatic carbocycles. The lowest BCUT2D eigenvalue weighted by atomic mass is 9.94. The largest absolute Gasteiger partial charge is 0.468 e. The molecule has 2 aromatic rings. The van der Waals surface area contributed by atoms with Crippen molar-refractivity contribution in [2.24, 2.45) is 4.99 Å². The molecule has 1 unspecified atom stereocenters. The van der Waals surface area contributed by atoms with E-state index in [1.54, 1.807) is 12.5 Å². The van der Waals surface area contributed by atoms with E-state index in [4.69, 9.17) is 8.83 Å². The topological polar surface area (TPSA) is 78.8 Å². The number of guanidine groups is 1. The van der Waals surface area contributed by atoms with Crippen molar-refractivity contribution in [2.75, 3.05) is 26.2 Å². The molecular weight excluding hydrogens is 366 g/mol. The lowest BCUT2D eigenvalue weighted by Crippen LogP contribution is -2.44. The van der Waals surface area contributed by atoms with E-state index in [0.717, 1.165) is 43.7 Å². The summed E-state index contributed by atoms with van der Waals surface area (Å²) >= 11 is 0. The molecule has 2 aromatic heterocycles. The van der Waals surface area contributed by atoms with Crippen molar-refractivity contribution < 1.29 is 8.83 Å². The molecule has 0 spiro atoms. The Morgan fingerprint density at radius 3 is 2.66 bits per heavy atom. The zero-order chi connectivity index (χ0) is 20.7. The number of nitrogens with zero attached hydrogens (tertiary/aromatic N) is 3. The predicted octanol–water partition coefficient (Wildman–Crippen LogP) is 3.85. The summed E-state index contributed by atoms with van der Waals surface area (Å²) in [6.07, 6.45) is 7.35. The highest BCUT2D eigenvalue weighted by molar-refractivity contribution is 5.79. The van der Waals surface area contributed by atoms with E-state index in [9.17, 15) is 0 Å². The first-order valence-corrected chi connectivity index (χ1v) is 10.7. The van der Waals surface area contributed by atoms with Crippen molar-refractivity contribution in [3.63, 3.8) is 0 Å². The van der Waals surface area contributed by atoms with Crippen LogP contribution in [0.25, 0.3) is 0 Å². The molecular formula is C22H35N5O2. The van der Waals surface area contributed by atoms with Gasteiger partial charge in [-0.1, -0.05) is 27.2 Å². The number of hydrogen-bond donors (Lipinski definition) is 2. The smallest absolute Gasteiger partial charge is 0.216 e. The molecule has 1 atom stereocenters. The van der Waals surface area contributed by atoms with Crippen molar-refractivity contribution in [1.82, 2.24) is 20.5 Å². The second-order valence-corrected chi connectivity index (χ2v) is 8.57. The van der Waals surface area contributed by atoms with Gasteiger partial charge in [-0.15, -0.1) is 0 Å². The van der Waals surface area contributed by atoms with Gasteiger partial charge in [-0.3, -0.25) is 4.90 Å². The normalized spacial score (nSPS) is 17.3. The molecule has 29 heavy (non-hydrogen) atoms. The van der Waals surface area contributed by atoms with Crippen molar-refractivity contribution in [3.8, 4) is 0 Å². The Labute approximate surface area is 174 Å². The summed E-state index contributed by atoms with van der Waals surface area (Å²) in [7, 11) is 0. The van der Waals surface area contributed by atoms with Crippen LogP contribution in [-0.2, 0) is 12.0 Å². The molecule has 1 aliphatic rings. The van der Waals surface area contributed by atoms with Gasteiger partial charge < -0.3 is 19.5 Å². The van der Waals surface area contributed by atoms with Crippen LogP contribution in [-0.4, -0.2) is 42.0 Å². The molecule has 3 heterocycles. The van der Waals surface area contributed by atoms with Gasteiger partial charge in [0.2, 0.25) is 5.89 Å². The highest BCUT2D eigenvalue weighted by atomic mass is 16.4. The number of piperidine rings is 1. The average Bonchev–Trinajstić information content (AvgIpc) is 3.39. The minimum absolute atomic E-state index is 0.0532. The molecule has 3 rings (SSSR count). The first-order valence-electron chi connectivity index (χ1n) is 10.7. The zero-order valence-corrected chi connectivity index (χ0v) is 18.2. The van der Waals surface area contributed by atoms with Crippen LogP contribution in [0.4, 0.5) is 0 Å². The number of aliphatic imine (C=N–C) groups is 1. The summed E-state index contributed by atoms with van der Waals surface area (Å²) in [5, 5.41) is 6.80. The highest BCUT2D eigenvalue weighted by Crippen LogP contribution is 2.25. The van der Waals surface area contributed by atoms with Crippen LogP contribution >= 0.6 is 0 Å². The van der Waals surface area contributed by atoms with Gasteiger partial charge in [-0.05, 0) is 45.0 Å². The van der Waals surface area contributed by atoms with E-state index >= 15 is 0 Å². The molecule has 1 saturated heterocycles. The van der Waals surface area contributed by atoms with Gasteiger partial charge in [-0.2, -0.15) is 0 Å². The molecule has 0 saturated carbocycles. The maximum Gasteiger partial charge on any atom is 0.216 e. The molecule has 0 radical (unpaired) electrons. The van der Waals surface area contributed by atoms with E-state index in [-0.39, 0.29) is 11.5 Å². The van der Waals surface area contributed by atoms with Crippen LogP contribution in [0.3, 0.4) is 0 Å². The number of likely N-dealkylation sites (tertiary alicyclic amines) is 1. The summed E-state index contributed by atoms with van der Waals surface area (Å²) < 4.78 is 11.6. The number of oxazole rings is 1. The lowest BCUT2D eigenvalue weighted by Gasteiger charge is -2.33. The van der Waals surface area contributed by atoms with Crippen LogP contribution in [0.15, 0.2) is 38.4 Å². The van der Waals surface area contributed by atoms with E-state index in [2.05, 4.69) is 59.3 Å². The van der Waals surface area contributed by atoms with Crippen LogP contribution in [0.1, 0.15) is 70.4 Å². The maximum absolute atomic E-state index is 5.86. The molecule has 0 aromatic carbocycles. The number of hydrogen-bond acceptors (Lipinski definition) is 5. The summed E-state index contributed by atoms with van der Waals surface area (Å²) in [5.41, 5.74) is -0.0532. The SMILES string of the molecule is CCNC(=NCc1ncc(C(C)(C)C)o1)NCC(c1ccco1)N1CCCCC1. The standard InChI is InChI=1S/C22H35N5O2/c1-5-23-21(26-16-20-24-15-19(29-20)22(2,3)4)25-14-17(18-10-9-13-28-18)27-11-7-6-8-12-27/h9-10,13,15,17H,5-8,11-12,14,16H2,1-4H3,(H2,23,25,26). The van der Waals surface area contributed by atoms with Gasteiger partial charge in [0.15, 0.2) is 5.96 Å². The predicted molar refractivity (Wildman–Crippen MR) is 115 cm³/mol. The second-order valence-electron chi connectivity index (χ2n) is 8.57. The third kappa shape index (κ3) is 6.10. The Balaban J connectivity index is 1.65. The molecule has 7 nitrogen and oxygen atoms in total. The molecule has 1 aliphatic heterocycles. The van der Waals surface area contributed by atoms with Crippen molar-refractivity contribution in [2.45, 2.75) is 65.0 Å². The van der Waals surface area contributed by atoms with Gasteiger partial charge in [0.25, 0.3) is 0 Å². The Bertz CT molecular complexity index is 755. The molecule has 7 heteroatoms. The lowest BCUT2D eigenvalue weighted by molar-refractivity contribution is 0.146. The molecule has 160 valence electrons. The Morgan fingerprint density at radius 2 is 2.03 bits per heavy atom. The molecule has 0 amide bonds. The van der Waals surface area contributed by atoms with Gasteiger partial charge in [0, 0.05) is 18.5 Å². The first-order chi connectivity index (χ1) is 14.0. The Hall–Kier alpha value is -2.28. The number of rotatable bonds is 7. The minimum Gasteiger partial charge on any atom is -0.468 e. The highest BCUT2D eigenvalue weighted by Gasteiger charge is 2.24. The molecule has 2 N–H and O–H groups in total. The molecule has 0 bridgehead atoms. The maximum atomic E-state index is 5.86. The van der Waals surface area contributed by atoms with E-state index < -0.39 is 0 Å². The second kappa shape index (κ2) is 9.96. The third-order valence-electron chi connectivity index (χ3n) is 5.18. The van der Waals surface area contributed by atoms with Crippen LogP contribution in [0.2, 0.25) is 0 Å². The minimum atomic E-state index is -0.0532. The van der Waals surface area contributed by atoms with E-state index in [1.165, 1.54) is 19.3 Å². The van der Waals surface area contributed by atoms with E-state index in [0.29, 0.717) is 12.4 Å². The number of nitrogens with one attached hydrogen (secondary N) is 2. The van der Waals surface area contributed by atoms with Gasteiger partial charge in [0.1, 0.15) is 18.1 Å². The van der Waals surface area contributed by atoms with E-state index in [1.807, 2.05) is 6.07 Å². The van der Waals surface area contributed by atoms with Gasteiger partial charge in [-0.25, -0.2) is 9.98 Å². The molecule has 1 fully saturated rings. The van der Waals surface area contributed by atoms with Crippen molar-refractivity contribution in [1.29, 1.82) is 0 Å². The number of aromatic nitrogens is 1. The van der Waals surface area contributed by atoms with Crippen molar-refractivity contribution in [3.05, 3.63) is 42.0 Å². The Kier molecular flexibility index (Phi) is 7.36. The van der Waals surface area contributed by atoms with Gasteiger partial charge >= 0.3 is 0 Å². The zero-order valence-electron chi connectivity index (χ0n) is 18.2. The van der Waals surface area contributed by atoms with Gasteiger partial charge in [0.05, 0.1) is 18.5 Å². The number of furan rings is 1. The average molecular weight is 402 g/mol. The summed E-state index contributed by atoms with van der Waals surface area (Å²) in [6, 6.07) is 4.22. The monoisotopic (exact) mass is 401 g/mol. The fourth-order valence-electron chi connectivity index (χ4n) is 3.53. The fraction of sp³-hybridized carbons (Fsp3) is 0.636.